The molecule has 2 unspecified atom stereocenters. The van der Waals surface area contributed by atoms with Gasteiger partial charge in [0, 0.05) is 24.7 Å². The molecule has 1 fully saturated rings. The summed E-state index contributed by atoms with van der Waals surface area (Å²) >= 11 is 0. The second kappa shape index (κ2) is 9.80. The van der Waals surface area contributed by atoms with Crippen molar-refractivity contribution in [3.63, 3.8) is 0 Å². The molecule has 1 saturated heterocycles. The molecule has 2 aromatic carbocycles. The summed E-state index contributed by atoms with van der Waals surface area (Å²) in [6, 6.07) is 7.82. The fraction of sp³-hybridized carbons (Fsp3) is 0.292. The molecule has 9 nitrogen and oxygen atoms in total. The predicted molar refractivity (Wildman–Crippen MR) is 123 cm³/mol. The van der Waals surface area contributed by atoms with Gasteiger partial charge in [0.15, 0.2) is 0 Å². The second-order valence-corrected chi connectivity index (χ2v) is 8.40. The fourth-order valence-corrected chi connectivity index (χ4v) is 4.40. The average Bonchev–Trinajstić information content (AvgIpc) is 3.08. The molecule has 1 aliphatic heterocycles. The molecular weight excluding hydrogens is 481 g/mol. The number of benzene rings is 2. The standard InChI is InChI=1S/C24H21F3N4O5/c25-24(26,27)17-7-3-4-8-18(17)29-21(32)14-9-10-19(20(13-14)31(35)36)28-11-12-30-22(33)15-5-1-2-6-16(15)23(30)34/h1-4,7-10,13,15-16,28H,5-6,11-12H2,(H,29,32). The SMILES string of the molecule is O=C(Nc1ccccc1C(F)(F)F)c1ccc(NCCN2C(=O)C3CC=CCC3C2=O)c([N+](=O)[O-])c1. The first-order chi connectivity index (χ1) is 17.1. The van der Waals surface area contributed by atoms with Crippen molar-refractivity contribution >= 4 is 34.8 Å². The number of carbonyl (C=O) groups excluding carboxylic acids is 3. The Bertz CT molecular complexity index is 1230. The van der Waals surface area contributed by atoms with Gasteiger partial charge in [0.25, 0.3) is 11.6 Å². The molecule has 2 aromatic rings. The Labute approximate surface area is 203 Å². The number of rotatable bonds is 7. The van der Waals surface area contributed by atoms with E-state index < -0.39 is 33.9 Å². The molecule has 0 saturated carbocycles. The van der Waals surface area contributed by atoms with Crippen LogP contribution in [0.4, 0.5) is 30.2 Å². The number of amides is 3. The Morgan fingerprint density at radius 1 is 1.03 bits per heavy atom. The third-order valence-electron chi connectivity index (χ3n) is 6.19. The maximum atomic E-state index is 13.2. The summed E-state index contributed by atoms with van der Waals surface area (Å²) in [5.74, 6) is -2.24. The minimum Gasteiger partial charge on any atom is -0.378 e. The van der Waals surface area contributed by atoms with Gasteiger partial charge in [-0.1, -0.05) is 24.3 Å². The van der Waals surface area contributed by atoms with Gasteiger partial charge < -0.3 is 10.6 Å². The molecule has 1 aliphatic carbocycles. The van der Waals surface area contributed by atoms with Crippen molar-refractivity contribution in [1.82, 2.24) is 4.90 Å². The van der Waals surface area contributed by atoms with Crippen molar-refractivity contribution in [3.05, 3.63) is 75.9 Å². The topological polar surface area (TPSA) is 122 Å². The monoisotopic (exact) mass is 502 g/mol. The van der Waals surface area contributed by atoms with Crippen LogP contribution in [0.1, 0.15) is 28.8 Å². The first-order valence-corrected chi connectivity index (χ1v) is 11.1. The molecule has 0 aromatic heterocycles. The van der Waals surface area contributed by atoms with Crippen molar-refractivity contribution in [2.24, 2.45) is 11.8 Å². The number of imide groups is 1. The average molecular weight is 502 g/mol. The van der Waals surface area contributed by atoms with E-state index in [1.54, 1.807) is 0 Å². The minimum atomic E-state index is -4.70. The minimum absolute atomic E-state index is 0.0122. The van der Waals surface area contributed by atoms with Crippen LogP contribution in [0.25, 0.3) is 0 Å². The van der Waals surface area contributed by atoms with Crippen molar-refractivity contribution < 1.29 is 32.5 Å². The number of alkyl halides is 3. The fourth-order valence-electron chi connectivity index (χ4n) is 4.40. The van der Waals surface area contributed by atoms with Crippen LogP contribution in [0.15, 0.2) is 54.6 Å². The van der Waals surface area contributed by atoms with Crippen LogP contribution in [0.5, 0.6) is 0 Å². The third kappa shape index (κ3) is 4.92. The molecule has 2 aliphatic rings. The van der Waals surface area contributed by atoms with Crippen LogP contribution < -0.4 is 10.6 Å². The van der Waals surface area contributed by atoms with E-state index in [0.717, 1.165) is 23.1 Å². The maximum absolute atomic E-state index is 13.2. The zero-order chi connectivity index (χ0) is 26.0. The molecule has 3 amide bonds. The lowest BCUT2D eigenvalue weighted by Gasteiger charge is -2.16. The van der Waals surface area contributed by atoms with E-state index in [0.29, 0.717) is 12.8 Å². The van der Waals surface area contributed by atoms with E-state index in [1.165, 1.54) is 24.3 Å². The largest absolute Gasteiger partial charge is 0.418 e. The number of carbonyl (C=O) groups is 3. The highest BCUT2D eigenvalue weighted by Gasteiger charge is 2.46. The van der Waals surface area contributed by atoms with Crippen LogP contribution in [-0.4, -0.2) is 40.6 Å². The van der Waals surface area contributed by atoms with Gasteiger partial charge in [0.2, 0.25) is 11.8 Å². The normalized spacial score (nSPS) is 19.2. The molecular formula is C24H21F3N4O5. The van der Waals surface area contributed by atoms with Gasteiger partial charge in [-0.2, -0.15) is 13.2 Å². The number of hydrogen-bond donors (Lipinski definition) is 2. The van der Waals surface area contributed by atoms with E-state index >= 15 is 0 Å². The van der Waals surface area contributed by atoms with E-state index in [4.69, 9.17) is 0 Å². The highest BCUT2D eigenvalue weighted by atomic mass is 19.4. The number of nitro benzene ring substituents is 1. The van der Waals surface area contributed by atoms with E-state index in [-0.39, 0.29) is 48.0 Å². The van der Waals surface area contributed by atoms with Crippen LogP contribution in [-0.2, 0) is 15.8 Å². The first kappa shape index (κ1) is 24.9. The third-order valence-corrected chi connectivity index (χ3v) is 6.19. The first-order valence-electron chi connectivity index (χ1n) is 11.1. The molecule has 2 N–H and O–H groups in total. The summed E-state index contributed by atoms with van der Waals surface area (Å²) in [7, 11) is 0. The second-order valence-electron chi connectivity index (χ2n) is 8.40. The molecule has 1 heterocycles. The number of hydrogen-bond acceptors (Lipinski definition) is 6. The number of para-hydroxylation sites is 1. The Kier molecular flexibility index (Phi) is 6.77. The lowest BCUT2D eigenvalue weighted by atomic mass is 9.85. The number of likely N-dealkylation sites (tertiary alicyclic amines) is 1. The number of anilines is 2. The number of nitrogens with one attached hydrogen (secondary N) is 2. The van der Waals surface area contributed by atoms with Gasteiger partial charge in [0.05, 0.1) is 28.0 Å². The molecule has 12 heteroatoms. The highest BCUT2D eigenvalue weighted by Crippen LogP contribution is 2.36. The van der Waals surface area contributed by atoms with Gasteiger partial charge in [-0.05, 0) is 37.1 Å². The summed E-state index contributed by atoms with van der Waals surface area (Å²) in [6.07, 6.45) is 0.0486. The lowest BCUT2D eigenvalue weighted by Crippen LogP contribution is -2.35. The summed E-state index contributed by atoms with van der Waals surface area (Å²) in [4.78, 5) is 49.6. The van der Waals surface area contributed by atoms with E-state index in [2.05, 4.69) is 10.6 Å². The zero-order valence-electron chi connectivity index (χ0n) is 18.7. The van der Waals surface area contributed by atoms with Crippen molar-refractivity contribution in [2.45, 2.75) is 19.0 Å². The van der Waals surface area contributed by atoms with Gasteiger partial charge in [-0.25, -0.2) is 0 Å². The van der Waals surface area contributed by atoms with Crippen LogP contribution in [0.2, 0.25) is 0 Å². The molecule has 4 rings (SSSR count). The number of halogens is 3. The molecule has 2 atom stereocenters. The molecule has 0 spiro atoms. The van der Waals surface area contributed by atoms with Gasteiger partial charge in [-0.3, -0.25) is 29.4 Å². The van der Waals surface area contributed by atoms with Crippen LogP contribution >= 0.6 is 0 Å². The van der Waals surface area contributed by atoms with Crippen molar-refractivity contribution in [1.29, 1.82) is 0 Å². The van der Waals surface area contributed by atoms with E-state index in [9.17, 15) is 37.7 Å². The molecule has 0 bridgehead atoms. The Morgan fingerprint density at radius 2 is 1.67 bits per heavy atom. The number of nitro groups is 1. The molecule has 0 radical (unpaired) electrons. The summed E-state index contributed by atoms with van der Waals surface area (Å²) in [5, 5.41) is 16.5. The van der Waals surface area contributed by atoms with Crippen LogP contribution in [0, 0.1) is 22.0 Å². The Hall–Kier alpha value is -4.22. The van der Waals surface area contributed by atoms with Gasteiger partial charge >= 0.3 is 6.18 Å². The maximum Gasteiger partial charge on any atom is 0.418 e. The van der Waals surface area contributed by atoms with Crippen molar-refractivity contribution in [3.8, 4) is 0 Å². The van der Waals surface area contributed by atoms with E-state index in [1.807, 2.05) is 12.2 Å². The highest BCUT2D eigenvalue weighted by molar-refractivity contribution is 6.06. The van der Waals surface area contributed by atoms with Gasteiger partial charge in [-0.15, -0.1) is 0 Å². The number of allylic oxidation sites excluding steroid dienone is 2. The quantitative estimate of drug-likeness (QED) is 0.253. The summed E-state index contributed by atoms with van der Waals surface area (Å²) in [6.45, 7) is 0.0496. The lowest BCUT2D eigenvalue weighted by molar-refractivity contribution is -0.384. The summed E-state index contributed by atoms with van der Waals surface area (Å²) < 4.78 is 39.6. The van der Waals surface area contributed by atoms with Crippen molar-refractivity contribution in [2.75, 3.05) is 23.7 Å². The Balaban J connectivity index is 1.45. The molecule has 188 valence electrons. The predicted octanol–water partition coefficient (Wildman–Crippen LogP) is 4.23. The van der Waals surface area contributed by atoms with Crippen LogP contribution in [0.3, 0.4) is 0 Å². The number of fused-ring (bicyclic) bond motifs is 1. The smallest absolute Gasteiger partial charge is 0.378 e. The zero-order valence-corrected chi connectivity index (χ0v) is 18.7. The summed E-state index contributed by atoms with van der Waals surface area (Å²) in [5.41, 5.74) is -2.19. The van der Waals surface area contributed by atoms with Gasteiger partial charge in [0.1, 0.15) is 5.69 Å². The molecule has 36 heavy (non-hydrogen) atoms. The Morgan fingerprint density at radius 3 is 2.28 bits per heavy atom. The number of nitrogens with zero attached hydrogens (tertiary/aromatic N) is 2.